The van der Waals surface area contributed by atoms with Gasteiger partial charge in [-0.15, -0.1) is 0 Å². The summed E-state index contributed by atoms with van der Waals surface area (Å²) in [5, 5.41) is 10.9. The highest BCUT2D eigenvalue weighted by Crippen LogP contribution is 2.30. The number of benzene rings is 3. The number of non-ortho nitro benzene ring substituents is 1. The maximum Gasteiger partial charge on any atom is 0.271 e. The molecule has 0 fully saturated rings. The Morgan fingerprint density at radius 3 is 2.50 bits per heavy atom. The fourth-order valence-corrected chi connectivity index (χ4v) is 2.93. The number of ether oxygens (including phenoxy) is 1. The van der Waals surface area contributed by atoms with Gasteiger partial charge in [0.15, 0.2) is 5.58 Å². The third-order valence-corrected chi connectivity index (χ3v) is 4.28. The Hall–Kier alpha value is -3.74. The second kappa shape index (κ2) is 7.11. The molecule has 3 aromatic carbocycles. The van der Waals surface area contributed by atoms with Gasteiger partial charge in [-0.05, 0) is 42.8 Å². The first-order chi connectivity index (χ1) is 13.5. The Balaban J connectivity index is 1.65. The molecule has 0 unspecified atom stereocenters. The molecule has 6 nitrogen and oxygen atoms in total. The molecule has 28 heavy (non-hydrogen) atoms. The Kier molecular flexibility index (Phi) is 4.49. The molecule has 0 N–H and O–H groups in total. The molecular formula is C21H15FN2O4. The number of nitrogens with zero attached hydrogens (tertiary/aromatic N) is 2. The third kappa shape index (κ3) is 3.29. The average Bonchev–Trinajstić information content (AvgIpc) is 3.12. The van der Waals surface area contributed by atoms with E-state index < -0.39 is 4.92 Å². The quantitative estimate of drug-likeness (QED) is 0.333. The van der Waals surface area contributed by atoms with E-state index in [0.29, 0.717) is 46.0 Å². The summed E-state index contributed by atoms with van der Waals surface area (Å²) in [6, 6.07) is 16.1. The zero-order valence-electron chi connectivity index (χ0n) is 14.9. The van der Waals surface area contributed by atoms with Crippen molar-refractivity contribution in [2.75, 3.05) is 6.61 Å². The van der Waals surface area contributed by atoms with Crippen LogP contribution in [0.1, 0.15) is 6.92 Å². The Morgan fingerprint density at radius 2 is 1.82 bits per heavy atom. The van der Waals surface area contributed by atoms with Crippen LogP contribution in [0.4, 0.5) is 10.1 Å². The molecule has 4 rings (SSSR count). The standard InChI is InChI=1S/C21H15FN2O4/c1-2-27-16-8-9-17(18(22)12-16)13-3-5-14(6-4-13)21-23-19-11-15(24(25)26)7-10-20(19)28-21/h3-12H,2H2,1H3. The fourth-order valence-electron chi connectivity index (χ4n) is 2.93. The maximum absolute atomic E-state index is 14.4. The predicted octanol–water partition coefficient (Wildman–Crippen LogP) is 5.61. The van der Waals surface area contributed by atoms with E-state index in [1.54, 1.807) is 36.4 Å². The van der Waals surface area contributed by atoms with Crippen LogP contribution < -0.4 is 4.74 Å². The summed E-state index contributed by atoms with van der Waals surface area (Å²) in [6.07, 6.45) is 0. The minimum absolute atomic E-state index is 0.0475. The lowest BCUT2D eigenvalue weighted by Crippen LogP contribution is -1.93. The van der Waals surface area contributed by atoms with Gasteiger partial charge >= 0.3 is 0 Å². The zero-order valence-corrected chi connectivity index (χ0v) is 14.9. The minimum Gasteiger partial charge on any atom is -0.494 e. The van der Waals surface area contributed by atoms with Crippen LogP contribution in [0.5, 0.6) is 5.75 Å². The number of nitro groups is 1. The predicted molar refractivity (Wildman–Crippen MR) is 103 cm³/mol. The van der Waals surface area contributed by atoms with Gasteiger partial charge in [0.1, 0.15) is 17.1 Å². The maximum atomic E-state index is 14.4. The first-order valence-corrected chi connectivity index (χ1v) is 8.63. The molecule has 0 saturated carbocycles. The molecule has 0 spiro atoms. The largest absolute Gasteiger partial charge is 0.494 e. The van der Waals surface area contributed by atoms with Crippen LogP contribution in [0.2, 0.25) is 0 Å². The third-order valence-electron chi connectivity index (χ3n) is 4.28. The van der Waals surface area contributed by atoms with Gasteiger partial charge in [-0.1, -0.05) is 12.1 Å². The van der Waals surface area contributed by atoms with Crippen molar-refractivity contribution >= 4 is 16.8 Å². The number of oxazole rings is 1. The first kappa shape index (κ1) is 17.7. The van der Waals surface area contributed by atoms with Crippen molar-refractivity contribution in [1.82, 2.24) is 4.98 Å². The lowest BCUT2D eigenvalue weighted by molar-refractivity contribution is -0.384. The fraction of sp³-hybridized carbons (Fsp3) is 0.0952. The molecular weight excluding hydrogens is 363 g/mol. The molecule has 0 bridgehead atoms. The van der Waals surface area contributed by atoms with Gasteiger partial charge in [-0.2, -0.15) is 0 Å². The van der Waals surface area contributed by atoms with Crippen molar-refractivity contribution in [1.29, 1.82) is 0 Å². The normalized spacial score (nSPS) is 10.9. The molecule has 140 valence electrons. The van der Waals surface area contributed by atoms with Gasteiger partial charge in [0, 0.05) is 29.3 Å². The number of halogens is 1. The summed E-state index contributed by atoms with van der Waals surface area (Å²) in [5.41, 5.74) is 2.68. The number of nitro benzene ring substituents is 1. The van der Waals surface area contributed by atoms with Crippen molar-refractivity contribution in [2.24, 2.45) is 0 Å². The summed E-state index contributed by atoms with van der Waals surface area (Å²) in [7, 11) is 0. The van der Waals surface area contributed by atoms with Gasteiger partial charge in [0.2, 0.25) is 5.89 Å². The molecule has 4 aromatic rings. The van der Waals surface area contributed by atoms with E-state index in [2.05, 4.69) is 4.98 Å². The van der Waals surface area contributed by atoms with Crippen molar-refractivity contribution in [2.45, 2.75) is 6.92 Å². The van der Waals surface area contributed by atoms with Gasteiger partial charge in [-0.3, -0.25) is 10.1 Å². The molecule has 0 aliphatic heterocycles. The summed E-state index contributed by atoms with van der Waals surface area (Å²) in [6.45, 7) is 2.32. The van der Waals surface area contributed by atoms with Crippen molar-refractivity contribution in [3.63, 3.8) is 0 Å². The minimum atomic E-state index is -0.478. The highest BCUT2D eigenvalue weighted by Gasteiger charge is 2.13. The van der Waals surface area contributed by atoms with E-state index in [1.165, 1.54) is 24.3 Å². The molecule has 0 aliphatic carbocycles. The van der Waals surface area contributed by atoms with E-state index in [1.807, 2.05) is 6.92 Å². The molecule has 7 heteroatoms. The lowest BCUT2D eigenvalue weighted by Gasteiger charge is -2.07. The molecule has 0 radical (unpaired) electrons. The highest BCUT2D eigenvalue weighted by molar-refractivity contribution is 5.79. The van der Waals surface area contributed by atoms with E-state index in [4.69, 9.17) is 9.15 Å². The second-order valence-electron chi connectivity index (χ2n) is 6.08. The first-order valence-electron chi connectivity index (χ1n) is 8.63. The number of rotatable bonds is 5. The van der Waals surface area contributed by atoms with Crippen molar-refractivity contribution in [3.05, 3.63) is 76.6 Å². The van der Waals surface area contributed by atoms with Crippen molar-refractivity contribution in [3.8, 4) is 28.3 Å². The van der Waals surface area contributed by atoms with Crippen molar-refractivity contribution < 1.29 is 18.5 Å². The average molecular weight is 378 g/mol. The van der Waals surface area contributed by atoms with Crippen LogP contribution in [0.15, 0.2) is 65.1 Å². The molecule has 0 saturated heterocycles. The second-order valence-corrected chi connectivity index (χ2v) is 6.08. The van der Waals surface area contributed by atoms with E-state index >= 15 is 0 Å². The van der Waals surface area contributed by atoms with Gasteiger partial charge in [0.05, 0.1) is 11.5 Å². The van der Waals surface area contributed by atoms with E-state index in [0.717, 1.165) is 0 Å². The zero-order chi connectivity index (χ0) is 19.7. The summed E-state index contributed by atoms with van der Waals surface area (Å²) in [5.74, 6) is 0.461. The molecule has 1 aromatic heterocycles. The van der Waals surface area contributed by atoms with Gasteiger partial charge in [0.25, 0.3) is 5.69 Å². The number of fused-ring (bicyclic) bond motifs is 1. The van der Waals surface area contributed by atoms with Gasteiger partial charge < -0.3 is 9.15 Å². The van der Waals surface area contributed by atoms with Crippen LogP contribution >= 0.6 is 0 Å². The Bertz CT molecular complexity index is 1170. The number of hydrogen-bond donors (Lipinski definition) is 0. The monoisotopic (exact) mass is 378 g/mol. The Morgan fingerprint density at radius 1 is 1.07 bits per heavy atom. The summed E-state index contributed by atoms with van der Waals surface area (Å²) >= 11 is 0. The van der Waals surface area contributed by atoms with Crippen LogP contribution in [0, 0.1) is 15.9 Å². The topological polar surface area (TPSA) is 78.4 Å². The van der Waals surface area contributed by atoms with Crippen LogP contribution in [-0.2, 0) is 0 Å². The SMILES string of the molecule is CCOc1ccc(-c2ccc(-c3nc4cc([N+](=O)[O-])ccc4o3)cc2)c(F)c1. The number of hydrogen-bond acceptors (Lipinski definition) is 5. The van der Waals surface area contributed by atoms with Crippen LogP contribution in [0.25, 0.3) is 33.7 Å². The van der Waals surface area contributed by atoms with Crippen LogP contribution in [0.3, 0.4) is 0 Å². The van der Waals surface area contributed by atoms with E-state index in [9.17, 15) is 14.5 Å². The molecule has 0 amide bonds. The highest BCUT2D eigenvalue weighted by atomic mass is 19.1. The lowest BCUT2D eigenvalue weighted by atomic mass is 10.0. The summed E-state index contributed by atoms with van der Waals surface area (Å²) < 4.78 is 25.3. The molecule has 1 heterocycles. The smallest absolute Gasteiger partial charge is 0.271 e. The Labute approximate surface area is 159 Å². The number of aromatic nitrogens is 1. The van der Waals surface area contributed by atoms with E-state index in [-0.39, 0.29) is 11.5 Å². The summed E-state index contributed by atoms with van der Waals surface area (Å²) in [4.78, 5) is 14.7. The van der Waals surface area contributed by atoms with Gasteiger partial charge in [-0.25, -0.2) is 9.37 Å². The molecule has 0 aliphatic rings. The molecule has 0 atom stereocenters. The van der Waals surface area contributed by atoms with Crippen LogP contribution in [-0.4, -0.2) is 16.5 Å².